The summed E-state index contributed by atoms with van der Waals surface area (Å²) in [5.74, 6) is 3.54. The number of para-hydroxylation sites is 1. The molecule has 2 aliphatic rings. The number of ether oxygens (including phenoxy) is 2. The fraction of sp³-hybridized carbons (Fsp3) is 0. The van der Waals surface area contributed by atoms with Gasteiger partial charge in [-0.05, 0) is 30.3 Å². The first-order chi connectivity index (χ1) is 10.8. The molecule has 0 saturated heterocycles. The third-order valence-corrected chi connectivity index (χ3v) is 6.72. The Morgan fingerprint density at radius 3 is 2.23 bits per heavy atom. The van der Waals surface area contributed by atoms with Crippen molar-refractivity contribution >= 4 is 35.4 Å². The van der Waals surface area contributed by atoms with E-state index in [4.69, 9.17) is 21.1 Å². The number of hydrogen-bond donors (Lipinski definition) is 0. The zero-order chi connectivity index (χ0) is 14.7. The molecule has 22 heavy (non-hydrogen) atoms. The largest absolute Gasteiger partial charge is 0.456 e. The van der Waals surface area contributed by atoms with E-state index < -0.39 is 7.92 Å². The molecule has 0 aromatic heterocycles. The maximum absolute atomic E-state index is 6.14. The first-order valence-corrected chi connectivity index (χ1v) is 8.71. The van der Waals surface area contributed by atoms with Crippen LogP contribution >= 0.6 is 19.5 Å². The van der Waals surface area contributed by atoms with E-state index in [1.54, 1.807) is 0 Å². The van der Waals surface area contributed by atoms with Crippen LogP contribution in [-0.4, -0.2) is 0 Å². The minimum absolute atomic E-state index is 0.672. The Kier molecular flexibility index (Phi) is 2.55. The monoisotopic (exact) mass is 324 g/mol. The molecule has 0 saturated carbocycles. The second-order valence-electron chi connectivity index (χ2n) is 5.22. The summed E-state index contributed by atoms with van der Waals surface area (Å²) in [6, 6.07) is 20.1. The summed E-state index contributed by atoms with van der Waals surface area (Å²) in [7, 11) is -0.672. The predicted octanol–water partition coefficient (Wildman–Crippen LogP) is 4.31. The average Bonchev–Trinajstić information content (AvgIpc) is 2.54. The minimum atomic E-state index is -0.672. The molecule has 0 bridgehead atoms. The Hall–Kier alpha value is -2.02. The van der Waals surface area contributed by atoms with Crippen molar-refractivity contribution in [1.82, 2.24) is 0 Å². The molecular weight excluding hydrogens is 315 g/mol. The van der Waals surface area contributed by atoms with Gasteiger partial charge in [-0.15, -0.1) is 0 Å². The quantitative estimate of drug-likeness (QED) is 0.395. The van der Waals surface area contributed by atoms with Crippen LogP contribution in [0.1, 0.15) is 0 Å². The van der Waals surface area contributed by atoms with Crippen LogP contribution in [0.3, 0.4) is 0 Å². The fourth-order valence-corrected chi connectivity index (χ4v) is 5.69. The maximum Gasteiger partial charge on any atom is 0.139 e. The van der Waals surface area contributed by atoms with Crippen molar-refractivity contribution in [1.29, 1.82) is 0 Å². The Labute approximate surface area is 134 Å². The molecule has 106 valence electrons. The summed E-state index contributed by atoms with van der Waals surface area (Å²) in [6.07, 6.45) is 0. The van der Waals surface area contributed by atoms with Crippen LogP contribution in [0.15, 0.2) is 60.7 Å². The highest BCUT2D eigenvalue weighted by atomic mass is 35.5. The molecule has 0 radical (unpaired) electrons. The van der Waals surface area contributed by atoms with Gasteiger partial charge in [0.05, 0.1) is 5.30 Å². The third kappa shape index (κ3) is 1.65. The van der Waals surface area contributed by atoms with Gasteiger partial charge >= 0.3 is 0 Å². The molecule has 3 aromatic rings. The van der Waals surface area contributed by atoms with E-state index in [1.165, 1.54) is 10.6 Å². The van der Waals surface area contributed by atoms with Crippen molar-refractivity contribution in [3.05, 3.63) is 65.7 Å². The summed E-state index contributed by atoms with van der Waals surface area (Å²) in [4.78, 5) is 0. The van der Waals surface area contributed by atoms with Crippen LogP contribution < -0.4 is 25.4 Å². The molecule has 2 heterocycles. The number of benzene rings is 3. The van der Waals surface area contributed by atoms with Gasteiger partial charge in [0, 0.05) is 29.6 Å². The second-order valence-corrected chi connectivity index (χ2v) is 7.74. The van der Waals surface area contributed by atoms with Crippen LogP contribution in [0.25, 0.3) is 0 Å². The van der Waals surface area contributed by atoms with Crippen LogP contribution in [0.4, 0.5) is 0 Å². The van der Waals surface area contributed by atoms with Gasteiger partial charge in [0.25, 0.3) is 0 Å². The maximum atomic E-state index is 6.14. The van der Waals surface area contributed by atoms with Crippen LogP contribution in [-0.2, 0) is 0 Å². The highest BCUT2D eigenvalue weighted by Gasteiger charge is 2.36. The Balaban J connectivity index is 1.86. The number of hydrogen-bond acceptors (Lipinski definition) is 2. The summed E-state index contributed by atoms with van der Waals surface area (Å²) in [5.41, 5.74) is 0. The van der Waals surface area contributed by atoms with E-state index >= 15 is 0 Å². The van der Waals surface area contributed by atoms with E-state index in [0.717, 1.165) is 28.3 Å². The fourth-order valence-electron chi connectivity index (χ4n) is 2.98. The minimum Gasteiger partial charge on any atom is -0.456 e. The van der Waals surface area contributed by atoms with Crippen LogP contribution in [0.5, 0.6) is 23.0 Å². The highest BCUT2D eigenvalue weighted by molar-refractivity contribution is 7.80. The second kappa shape index (κ2) is 4.49. The lowest BCUT2D eigenvalue weighted by Crippen LogP contribution is -2.31. The van der Waals surface area contributed by atoms with Crippen LogP contribution in [0, 0.1) is 0 Å². The lowest BCUT2D eigenvalue weighted by Gasteiger charge is -2.34. The Morgan fingerprint density at radius 1 is 0.682 bits per heavy atom. The van der Waals surface area contributed by atoms with E-state index in [9.17, 15) is 0 Å². The SMILES string of the molecule is Clc1ccc2c(c1)Oc1cccc3c1P2c1ccccc1O3. The van der Waals surface area contributed by atoms with Crippen molar-refractivity contribution in [2.45, 2.75) is 0 Å². The molecule has 3 aromatic carbocycles. The molecule has 0 N–H and O–H groups in total. The Morgan fingerprint density at radius 2 is 1.36 bits per heavy atom. The molecule has 0 aliphatic carbocycles. The topological polar surface area (TPSA) is 18.5 Å². The van der Waals surface area contributed by atoms with Crippen molar-refractivity contribution in [3.63, 3.8) is 0 Å². The lowest BCUT2D eigenvalue weighted by molar-refractivity contribution is 0.466. The zero-order valence-electron chi connectivity index (χ0n) is 11.4. The highest BCUT2D eigenvalue weighted by Crippen LogP contribution is 2.52. The van der Waals surface area contributed by atoms with Gasteiger partial charge in [0.2, 0.25) is 0 Å². The van der Waals surface area contributed by atoms with Crippen molar-refractivity contribution < 1.29 is 9.47 Å². The predicted molar refractivity (Wildman–Crippen MR) is 90.3 cm³/mol. The normalized spacial score (nSPS) is 16.7. The van der Waals surface area contributed by atoms with Gasteiger partial charge in [-0.3, -0.25) is 0 Å². The van der Waals surface area contributed by atoms with Crippen molar-refractivity contribution in [2.75, 3.05) is 0 Å². The van der Waals surface area contributed by atoms with Gasteiger partial charge < -0.3 is 9.47 Å². The van der Waals surface area contributed by atoms with Crippen LogP contribution in [0.2, 0.25) is 5.02 Å². The molecule has 4 heteroatoms. The number of rotatable bonds is 0. The molecular formula is C18H10ClO2P. The summed E-state index contributed by atoms with van der Waals surface area (Å²) >= 11 is 6.14. The standard InChI is InChI=1S/C18H10ClO2P/c19-11-8-9-17-15(10-11)21-14-6-3-5-13-18(14)22(17)16-7-2-1-4-12(16)20-13/h1-10H. The molecule has 2 nitrogen and oxygen atoms in total. The van der Waals surface area contributed by atoms with Gasteiger partial charge in [0.15, 0.2) is 0 Å². The first-order valence-electron chi connectivity index (χ1n) is 6.99. The van der Waals surface area contributed by atoms with Gasteiger partial charge in [-0.1, -0.05) is 35.9 Å². The lowest BCUT2D eigenvalue weighted by atomic mass is 10.3. The summed E-state index contributed by atoms with van der Waals surface area (Å²) in [6.45, 7) is 0. The summed E-state index contributed by atoms with van der Waals surface area (Å²) in [5, 5.41) is 4.26. The summed E-state index contributed by atoms with van der Waals surface area (Å²) < 4.78 is 12.1. The van der Waals surface area contributed by atoms with Crippen molar-refractivity contribution in [2.24, 2.45) is 0 Å². The van der Waals surface area contributed by atoms with E-state index in [0.29, 0.717) is 5.02 Å². The molecule has 0 fully saturated rings. The van der Waals surface area contributed by atoms with Gasteiger partial charge in [-0.25, -0.2) is 0 Å². The molecule has 0 spiro atoms. The van der Waals surface area contributed by atoms with E-state index in [2.05, 4.69) is 18.2 Å². The Bertz CT molecular complexity index is 923. The zero-order valence-corrected chi connectivity index (χ0v) is 13.1. The van der Waals surface area contributed by atoms with Gasteiger partial charge in [-0.2, -0.15) is 0 Å². The van der Waals surface area contributed by atoms with Crippen molar-refractivity contribution in [3.8, 4) is 23.0 Å². The number of halogens is 1. The smallest absolute Gasteiger partial charge is 0.139 e. The molecule has 2 aliphatic heterocycles. The molecule has 1 unspecified atom stereocenters. The number of fused-ring (bicyclic) bond motifs is 4. The van der Waals surface area contributed by atoms with E-state index in [-0.39, 0.29) is 0 Å². The average molecular weight is 325 g/mol. The van der Waals surface area contributed by atoms with E-state index in [1.807, 2.05) is 42.5 Å². The third-order valence-electron chi connectivity index (χ3n) is 3.89. The molecule has 0 amide bonds. The first kappa shape index (κ1) is 12.5. The molecule has 1 atom stereocenters. The molecule has 5 rings (SSSR count). The van der Waals surface area contributed by atoms with Gasteiger partial charge in [0.1, 0.15) is 23.0 Å².